The molecule has 0 aliphatic rings. The van der Waals surface area contributed by atoms with Crippen molar-refractivity contribution < 1.29 is 27.1 Å². The van der Waals surface area contributed by atoms with Crippen LogP contribution in [0.3, 0.4) is 0 Å². The summed E-state index contributed by atoms with van der Waals surface area (Å²) < 4.78 is 48.8. The summed E-state index contributed by atoms with van der Waals surface area (Å²) >= 11 is 5.98. The Balaban J connectivity index is 2.17. The average Bonchev–Trinajstić information content (AvgIpc) is 3.16. The van der Waals surface area contributed by atoms with Gasteiger partial charge in [0.1, 0.15) is 11.9 Å². The molecule has 0 aliphatic carbocycles. The lowest BCUT2D eigenvalue weighted by molar-refractivity contribution is 0.0692. The van der Waals surface area contributed by atoms with Gasteiger partial charge in [-0.05, 0) is 61.2 Å². The van der Waals surface area contributed by atoms with Crippen LogP contribution in [0.5, 0.6) is 0 Å². The van der Waals surface area contributed by atoms with E-state index in [4.69, 9.17) is 16.0 Å². The van der Waals surface area contributed by atoms with Gasteiger partial charge in [-0.2, -0.15) is 4.72 Å². The fourth-order valence-electron chi connectivity index (χ4n) is 3.55. The van der Waals surface area contributed by atoms with Gasteiger partial charge in [-0.1, -0.05) is 24.6 Å². The summed E-state index contributed by atoms with van der Waals surface area (Å²) in [5.41, 5.74) is 1.33. The van der Waals surface area contributed by atoms with Gasteiger partial charge < -0.3 is 9.52 Å². The predicted octanol–water partition coefficient (Wildman–Crippen LogP) is 3.60. The van der Waals surface area contributed by atoms with Crippen LogP contribution in [0, 0.1) is 26.6 Å². The van der Waals surface area contributed by atoms with Crippen LogP contribution in [0.25, 0.3) is 0 Å². The summed E-state index contributed by atoms with van der Waals surface area (Å²) in [5.74, 6) is -4.25. The lowest BCUT2D eigenvalue weighted by atomic mass is 9.88. The number of halogens is 2. The van der Waals surface area contributed by atoms with Gasteiger partial charge in [0.15, 0.2) is 0 Å². The van der Waals surface area contributed by atoms with Crippen LogP contribution in [0.4, 0.5) is 4.39 Å². The molecule has 0 aliphatic heterocycles. The number of benzene rings is 2. The van der Waals surface area contributed by atoms with Crippen molar-refractivity contribution in [1.82, 2.24) is 14.9 Å². The minimum Gasteiger partial charge on any atom is -0.478 e. The number of aromatic amines is 1. The zero-order chi connectivity index (χ0) is 24.7. The van der Waals surface area contributed by atoms with Crippen LogP contribution in [-0.2, 0) is 10.0 Å². The maximum atomic E-state index is 14.8. The third-order valence-electron chi connectivity index (χ3n) is 5.47. The number of rotatable bonds is 7. The Morgan fingerprint density at radius 3 is 2.48 bits per heavy atom. The van der Waals surface area contributed by atoms with Gasteiger partial charge in [-0.3, -0.25) is 0 Å². The molecule has 0 radical (unpaired) electrons. The van der Waals surface area contributed by atoms with Crippen molar-refractivity contribution in [3.05, 3.63) is 79.4 Å². The topological polar surface area (TPSA) is 142 Å². The molecule has 0 spiro atoms. The number of nitrogens with one attached hydrogen (secondary N) is 2. The van der Waals surface area contributed by atoms with E-state index in [-0.39, 0.29) is 16.5 Å². The van der Waals surface area contributed by atoms with Gasteiger partial charge in [-0.25, -0.2) is 27.5 Å². The van der Waals surface area contributed by atoms with Gasteiger partial charge in [0.25, 0.3) is 0 Å². The first-order valence-corrected chi connectivity index (χ1v) is 11.6. The molecule has 33 heavy (non-hydrogen) atoms. The van der Waals surface area contributed by atoms with E-state index in [1.165, 1.54) is 19.9 Å². The number of hydrogen-bond donors (Lipinski definition) is 3. The highest BCUT2D eigenvalue weighted by atomic mass is 35.5. The van der Waals surface area contributed by atoms with E-state index in [1.807, 2.05) is 0 Å². The van der Waals surface area contributed by atoms with E-state index in [0.29, 0.717) is 11.1 Å². The Morgan fingerprint density at radius 2 is 1.91 bits per heavy atom. The number of aromatic nitrogens is 2. The van der Waals surface area contributed by atoms with Crippen molar-refractivity contribution in [2.75, 3.05) is 0 Å². The van der Waals surface area contributed by atoms with Crippen LogP contribution in [0.1, 0.15) is 57.4 Å². The lowest BCUT2D eigenvalue weighted by Gasteiger charge is -2.25. The van der Waals surface area contributed by atoms with Crippen LogP contribution < -0.4 is 10.5 Å². The summed E-state index contributed by atoms with van der Waals surface area (Å²) in [6, 6.07) is 3.65. The van der Waals surface area contributed by atoms with Crippen molar-refractivity contribution in [1.29, 1.82) is 0 Å². The molecule has 1 heterocycles. The highest BCUT2D eigenvalue weighted by Gasteiger charge is 2.35. The molecular formula is C21H21ClFN3O6S. The molecule has 12 heteroatoms. The Morgan fingerprint density at radius 1 is 1.24 bits per heavy atom. The molecule has 2 atom stereocenters. The van der Waals surface area contributed by atoms with Crippen molar-refractivity contribution in [3.8, 4) is 0 Å². The van der Waals surface area contributed by atoms with Crippen LogP contribution in [0.2, 0.25) is 5.02 Å². The number of carboxylic acid groups (broad SMARTS) is 1. The number of H-pyrrole nitrogens is 1. The van der Waals surface area contributed by atoms with Gasteiger partial charge in [0, 0.05) is 10.9 Å². The molecule has 0 unspecified atom stereocenters. The van der Waals surface area contributed by atoms with Crippen LogP contribution in [0.15, 0.2) is 38.4 Å². The van der Waals surface area contributed by atoms with E-state index in [0.717, 1.165) is 17.7 Å². The van der Waals surface area contributed by atoms with Gasteiger partial charge >= 0.3 is 11.7 Å². The van der Waals surface area contributed by atoms with Crippen LogP contribution >= 0.6 is 11.6 Å². The first-order chi connectivity index (χ1) is 15.3. The molecule has 3 aromatic rings. The number of sulfonamides is 1. The van der Waals surface area contributed by atoms with Crippen molar-refractivity contribution >= 4 is 27.6 Å². The summed E-state index contributed by atoms with van der Waals surface area (Å²) in [6.45, 7) is 6.51. The highest BCUT2D eigenvalue weighted by molar-refractivity contribution is 7.89. The number of carboxylic acids is 1. The average molecular weight is 498 g/mol. The molecule has 0 saturated heterocycles. The molecule has 0 amide bonds. The molecular weight excluding hydrogens is 477 g/mol. The van der Waals surface area contributed by atoms with E-state index in [1.54, 1.807) is 19.9 Å². The van der Waals surface area contributed by atoms with Gasteiger partial charge in [0.2, 0.25) is 15.9 Å². The summed E-state index contributed by atoms with van der Waals surface area (Å²) in [6.07, 6.45) is 0. The highest BCUT2D eigenvalue weighted by Crippen LogP contribution is 2.36. The Hall–Kier alpha value is -3.02. The molecule has 3 N–H and O–H groups in total. The minimum atomic E-state index is -4.53. The quantitative estimate of drug-likeness (QED) is 0.452. The second-order valence-electron chi connectivity index (χ2n) is 7.64. The third kappa shape index (κ3) is 4.85. The normalized spacial score (nSPS) is 13.6. The summed E-state index contributed by atoms with van der Waals surface area (Å²) in [4.78, 5) is 22.7. The van der Waals surface area contributed by atoms with E-state index in [9.17, 15) is 27.5 Å². The number of hydrogen-bond acceptors (Lipinski definition) is 6. The van der Waals surface area contributed by atoms with Crippen molar-refractivity contribution in [2.24, 2.45) is 0 Å². The number of carbonyl (C=O) groups is 1. The Bertz CT molecular complexity index is 1400. The first-order valence-electron chi connectivity index (χ1n) is 9.70. The lowest BCUT2D eigenvalue weighted by Crippen LogP contribution is -2.34. The maximum Gasteiger partial charge on any atom is 0.434 e. The second-order valence-corrected chi connectivity index (χ2v) is 9.73. The number of aryl methyl sites for hydroxylation is 2. The number of nitrogens with zero attached hydrogens (tertiary/aromatic N) is 1. The van der Waals surface area contributed by atoms with Gasteiger partial charge in [0.05, 0.1) is 10.5 Å². The predicted molar refractivity (Wildman–Crippen MR) is 118 cm³/mol. The maximum absolute atomic E-state index is 14.8. The van der Waals surface area contributed by atoms with E-state index < -0.39 is 50.0 Å². The standard InChI is InChI=1S/C21H21ClFN3O6S/c1-9-5-6-15(23)17(11(9)3)12(4)18(19-24-25-21(29)32-19)26-33(30,31)16-7-10(2)14(22)8-13(16)20(27)28/h5-8,12,18,26H,1-4H3,(H,25,29)(H,27,28)/t12-,18+/m1/s1. The smallest absolute Gasteiger partial charge is 0.434 e. The third-order valence-corrected chi connectivity index (χ3v) is 7.36. The van der Waals surface area contributed by atoms with Crippen LogP contribution in [-0.4, -0.2) is 29.7 Å². The zero-order valence-corrected chi connectivity index (χ0v) is 19.6. The molecule has 176 valence electrons. The fraction of sp³-hybridized carbons (Fsp3) is 0.286. The van der Waals surface area contributed by atoms with Crippen molar-refractivity contribution in [2.45, 2.75) is 44.6 Å². The van der Waals surface area contributed by atoms with Gasteiger partial charge in [-0.15, -0.1) is 5.10 Å². The Kier molecular flexibility index (Phi) is 6.78. The Labute approximate surface area is 193 Å². The van der Waals surface area contributed by atoms with E-state index in [2.05, 4.69) is 14.9 Å². The SMILES string of the molecule is Cc1cc(S(=O)(=O)N[C@H](c2n[nH]c(=O)o2)[C@H](C)c2c(F)ccc(C)c2C)c(C(=O)O)cc1Cl. The molecule has 2 aromatic carbocycles. The van der Waals surface area contributed by atoms with E-state index >= 15 is 0 Å². The summed E-state index contributed by atoms with van der Waals surface area (Å²) in [7, 11) is -4.53. The molecule has 0 fully saturated rings. The largest absolute Gasteiger partial charge is 0.478 e. The monoisotopic (exact) mass is 497 g/mol. The summed E-state index contributed by atoms with van der Waals surface area (Å²) in [5, 5.41) is 15.4. The molecule has 9 nitrogen and oxygen atoms in total. The molecule has 3 rings (SSSR count). The zero-order valence-electron chi connectivity index (χ0n) is 18.1. The fourth-order valence-corrected chi connectivity index (χ4v) is 5.24. The van der Waals surface area contributed by atoms with Crippen molar-refractivity contribution in [3.63, 3.8) is 0 Å². The minimum absolute atomic E-state index is 0.0759. The second kappa shape index (κ2) is 9.08. The molecule has 1 aromatic heterocycles. The molecule has 0 bridgehead atoms. The number of aromatic carboxylic acids is 1. The first kappa shape index (κ1) is 24.6. The molecule has 0 saturated carbocycles.